The maximum Gasteiger partial charge on any atom is 0.122 e. The number of rotatable bonds is 3. The summed E-state index contributed by atoms with van der Waals surface area (Å²) in [4.78, 5) is 0. The topological polar surface area (TPSA) is 21.3 Å². The van der Waals surface area contributed by atoms with Crippen LogP contribution in [0.1, 0.15) is 48.3 Å². The quantitative estimate of drug-likeness (QED) is 0.882. The molecule has 1 aliphatic carbocycles. The fourth-order valence-electron chi connectivity index (χ4n) is 3.30. The number of ether oxygens (including phenoxy) is 1. The van der Waals surface area contributed by atoms with Crippen molar-refractivity contribution in [2.24, 2.45) is 0 Å². The second kappa shape index (κ2) is 5.75. The third-order valence-corrected chi connectivity index (χ3v) is 4.26. The molecule has 2 heteroatoms. The van der Waals surface area contributed by atoms with Crippen molar-refractivity contribution in [3.05, 3.63) is 28.8 Å². The van der Waals surface area contributed by atoms with Gasteiger partial charge in [0, 0.05) is 11.6 Å². The highest BCUT2D eigenvalue weighted by Crippen LogP contribution is 2.39. The molecule has 0 aliphatic heterocycles. The molecule has 0 saturated heterocycles. The standard InChI is InChI=1S/C16H25NO/c1-11-9-12(2)16(15(10-11)18-4)13-5-7-14(17-3)8-6-13/h9-10,13-14,17H,5-8H2,1-4H3. The summed E-state index contributed by atoms with van der Waals surface area (Å²) in [7, 11) is 3.86. The Morgan fingerprint density at radius 1 is 1.11 bits per heavy atom. The molecule has 100 valence electrons. The lowest BCUT2D eigenvalue weighted by Crippen LogP contribution is -2.29. The average Bonchev–Trinajstić information content (AvgIpc) is 2.38. The summed E-state index contributed by atoms with van der Waals surface area (Å²) < 4.78 is 5.60. The Hall–Kier alpha value is -1.02. The third kappa shape index (κ3) is 2.69. The first-order chi connectivity index (χ1) is 8.65. The van der Waals surface area contributed by atoms with Crippen molar-refractivity contribution in [2.75, 3.05) is 14.2 Å². The molecule has 1 saturated carbocycles. The average molecular weight is 247 g/mol. The molecule has 0 aromatic heterocycles. The Bertz CT molecular complexity index is 406. The van der Waals surface area contributed by atoms with E-state index in [1.807, 2.05) is 0 Å². The molecule has 0 atom stereocenters. The number of hydrogen-bond donors (Lipinski definition) is 1. The minimum atomic E-state index is 0.671. The number of benzene rings is 1. The molecule has 2 rings (SSSR count). The number of methoxy groups -OCH3 is 1. The van der Waals surface area contributed by atoms with Crippen molar-refractivity contribution < 1.29 is 4.74 Å². The van der Waals surface area contributed by atoms with E-state index in [1.54, 1.807) is 7.11 Å². The molecule has 0 bridgehead atoms. The van der Waals surface area contributed by atoms with E-state index in [0.717, 1.165) is 5.75 Å². The van der Waals surface area contributed by atoms with Gasteiger partial charge in [0.15, 0.2) is 0 Å². The predicted molar refractivity (Wildman–Crippen MR) is 76.5 cm³/mol. The first kappa shape index (κ1) is 13.4. The summed E-state index contributed by atoms with van der Waals surface area (Å²) >= 11 is 0. The lowest BCUT2D eigenvalue weighted by molar-refractivity contribution is 0.344. The molecular formula is C16H25NO. The van der Waals surface area contributed by atoms with Crippen LogP contribution in [0.25, 0.3) is 0 Å². The van der Waals surface area contributed by atoms with E-state index in [2.05, 4.69) is 38.3 Å². The van der Waals surface area contributed by atoms with Crippen molar-refractivity contribution >= 4 is 0 Å². The van der Waals surface area contributed by atoms with Crippen molar-refractivity contribution in [1.29, 1.82) is 0 Å². The van der Waals surface area contributed by atoms with E-state index < -0.39 is 0 Å². The van der Waals surface area contributed by atoms with Crippen LogP contribution in [0.2, 0.25) is 0 Å². The highest BCUT2D eigenvalue weighted by molar-refractivity contribution is 5.45. The molecule has 0 heterocycles. The number of hydrogen-bond acceptors (Lipinski definition) is 2. The Morgan fingerprint density at radius 2 is 1.78 bits per heavy atom. The molecule has 18 heavy (non-hydrogen) atoms. The van der Waals surface area contributed by atoms with E-state index in [9.17, 15) is 0 Å². The SMILES string of the molecule is CNC1CCC(c2c(C)cc(C)cc2OC)CC1. The maximum atomic E-state index is 5.60. The summed E-state index contributed by atoms with van der Waals surface area (Å²) in [6.45, 7) is 4.35. The first-order valence-electron chi connectivity index (χ1n) is 6.98. The van der Waals surface area contributed by atoms with Crippen molar-refractivity contribution in [3.63, 3.8) is 0 Å². The van der Waals surface area contributed by atoms with Crippen LogP contribution in [0.3, 0.4) is 0 Å². The van der Waals surface area contributed by atoms with Gasteiger partial charge in [-0.1, -0.05) is 6.07 Å². The van der Waals surface area contributed by atoms with Crippen LogP contribution in [-0.2, 0) is 0 Å². The highest BCUT2D eigenvalue weighted by atomic mass is 16.5. The van der Waals surface area contributed by atoms with E-state index in [1.165, 1.54) is 42.4 Å². The Morgan fingerprint density at radius 3 is 2.33 bits per heavy atom. The normalized spacial score (nSPS) is 24.0. The lowest BCUT2D eigenvalue weighted by atomic mass is 9.79. The van der Waals surface area contributed by atoms with E-state index in [0.29, 0.717) is 12.0 Å². The predicted octanol–water partition coefficient (Wildman–Crippen LogP) is 3.56. The fraction of sp³-hybridized carbons (Fsp3) is 0.625. The van der Waals surface area contributed by atoms with Crippen LogP contribution in [0.4, 0.5) is 0 Å². The van der Waals surface area contributed by atoms with Gasteiger partial charge in [0.05, 0.1) is 7.11 Å². The van der Waals surface area contributed by atoms with E-state index in [4.69, 9.17) is 4.74 Å². The monoisotopic (exact) mass is 247 g/mol. The summed E-state index contributed by atoms with van der Waals surface area (Å²) in [6, 6.07) is 5.16. The molecule has 0 radical (unpaired) electrons. The number of aryl methyl sites for hydroxylation is 2. The zero-order valence-corrected chi connectivity index (χ0v) is 12.0. The molecule has 1 N–H and O–H groups in total. The first-order valence-corrected chi connectivity index (χ1v) is 6.98. The molecule has 0 amide bonds. The van der Waals surface area contributed by atoms with Gasteiger partial charge in [0.25, 0.3) is 0 Å². The lowest BCUT2D eigenvalue weighted by Gasteiger charge is -2.30. The largest absolute Gasteiger partial charge is 0.496 e. The minimum Gasteiger partial charge on any atom is -0.496 e. The second-order valence-electron chi connectivity index (χ2n) is 5.53. The van der Waals surface area contributed by atoms with Crippen molar-refractivity contribution in [1.82, 2.24) is 5.32 Å². The van der Waals surface area contributed by atoms with Gasteiger partial charge >= 0.3 is 0 Å². The van der Waals surface area contributed by atoms with Crippen molar-refractivity contribution in [2.45, 2.75) is 51.5 Å². The second-order valence-corrected chi connectivity index (χ2v) is 5.53. The van der Waals surface area contributed by atoms with Crippen LogP contribution in [0, 0.1) is 13.8 Å². The minimum absolute atomic E-state index is 0.671. The highest BCUT2D eigenvalue weighted by Gasteiger charge is 2.25. The zero-order chi connectivity index (χ0) is 13.1. The molecule has 1 aliphatic rings. The Labute approximate surface area is 111 Å². The molecule has 1 fully saturated rings. The third-order valence-electron chi connectivity index (χ3n) is 4.26. The van der Waals surface area contributed by atoms with Crippen LogP contribution in [0.5, 0.6) is 5.75 Å². The van der Waals surface area contributed by atoms with Gasteiger partial charge in [-0.3, -0.25) is 0 Å². The van der Waals surface area contributed by atoms with Gasteiger partial charge in [0.2, 0.25) is 0 Å². The Kier molecular flexibility index (Phi) is 4.28. The molecule has 2 nitrogen and oxygen atoms in total. The summed E-state index contributed by atoms with van der Waals surface area (Å²) in [6.07, 6.45) is 5.09. The fourth-order valence-corrected chi connectivity index (χ4v) is 3.30. The van der Waals surface area contributed by atoms with Gasteiger partial charge in [0.1, 0.15) is 5.75 Å². The van der Waals surface area contributed by atoms with Gasteiger partial charge < -0.3 is 10.1 Å². The molecule has 1 aromatic carbocycles. The van der Waals surface area contributed by atoms with Gasteiger partial charge in [-0.15, -0.1) is 0 Å². The van der Waals surface area contributed by atoms with Crippen LogP contribution in [-0.4, -0.2) is 20.2 Å². The maximum absolute atomic E-state index is 5.60. The van der Waals surface area contributed by atoms with Gasteiger partial charge in [-0.2, -0.15) is 0 Å². The smallest absolute Gasteiger partial charge is 0.122 e. The van der Waals surface area contributed by atoms with Crippen molar-refractivity contribution in [3.8, 4) is 5.75 Å². The summed E-state index contributed by atoms with van der Waals surface area (Å²) in [5.74, 6) is 1.76. The Balaban J connectivity index is 2.23. The number of nitrogens with one attached hydrogen (secondary N) is 1. The van der Waals surface area contributed by atoms with Crippen LogP contribution in [0.15, 0.2) is 12.1 Å². The van der Waals surface area contributed by atoms with Gasteiger partial charge in [-0.25, -0.2) is 0 Å². The molecule has 1 aromatic rings. The van der Waals surface area contributed by atoms with Crippen LogP contribution < -0.4 is 10.1 Å². The molecular weight excluding hydrogens is 222 g/mol. The zero-order valence-electron chi connectivity index (χ0n) is 12.0. The van der Waals surface area contributed by atoms with Gasteiger partial charge in [-0.05, 0) is 69.7 Å². The molecule has 0 unspecified atom stereocenters. The molecule has 0 spiro atoms. The van der Waals surface area contributed by atoms with E-state index in [-0.39, 0.29) is 0 Å². The summed E-state index contributed by atoms with van der Waals surface area (Å²) in [5.41, 5.74) is 4.12. The summed E-state index contributed by atoms with van der Waals surface area (Å²) in [5, 5.41) is 3.40. The van der Waals surface area contributed by atoms with E-state index >= 15 is 0 Å². The van der Waals surface area contributed by atoms with Crippen LogP contribution >= 0.6 is 0 Å².